The Hall–Kier alpha value is -3.51. The van der Waals surface area contributed by atoms with Crippen molar-refractivity contribution in [2.75, 3.05) is 18.4 Å². The molecule has 1 aliphatic carbocycles. The van der Waals surface area contributed by atoms with Crippen LogP contribution >= 0.6 is 0 Å². The SMILES string of the molecule is O=C(NCC1CNC(c2ccccc2)C1)c1cc2c(cn1)CC1(C2)C(=O)Nc2ccccc21. The van der Waals surface area contributed by atoms with Gasteiger partial charge >= 0.3 is 0 Å². The molecule has 166 valence electrons. The molecule has 1 fully saturated rings. The summed E-state index contributed by atoms with van der Waals surface area (Å²) in [5.41, 5.74) is 5.13. The van der Waals surface area contributed by atoms with Crippen molar-refractivity contribution < 1.29 is 9.59 Å². The van der Waals surface area contributed by atoms with E-state index in [1.807, 2.05) is 36.4 Å². The number of carbonyl (C=O) groups excluding carboxylic acids is 2. The summed E-state index contributed by atoms with van der Waals surface area (Å²) in [4.78, 5) is 30.2. The first kappa shape index (κ1) is 20.1. The van der Waals surface area contributed by atoms with E-state index in [9.17, 15) is 9.59 Å². The van der Waals surface area contributed by atoms with Gasteiger partial charge in [-0.25, -0.2) is 0 Å². The van der Waals surface area contributed by atoms with Gasteiger partial charge in [0.05, 0.1) is 5.41 Å². The molecule has 33 heavy (non-hydrogen) atoms. The van der Waals surface area contributed by atoms with Gasteiger partial charge in [0.25, 0.3) is 5.91 Å². The number of amides is 2. The Bertz CT molecular complexity index is 1240. The zero-order valence-electron chi connectivity index (χ0n) is 18.3. The summed E-state index contributed by atoms with van der Waals surface area (Å²) in [6.07, 6.45) is 3.99. The lowest BCUT2D eigenvalue weighted by Crippen LogP contribution is -2.35. The summed E-state index contributed by atoms with van der Waals surface area (Å²) in [5.74, 6) is 0.265. The van der Waals surface area contributed by atoms with Gasteiger partial charge in [-0.05, 0) is 59.6 Å². The zero-order valence-corrected chi connectivity index (χ0v) is 18.3. The van der Waals surface area contributed by atoms with E-state index in [2.05, 4.69) is 45.2 Å². The molecule has 0 saturated carbocycles. The van der Waals surface area contributed by atoms with Crippen molar-refractivity contribution in [1.82, 2.24) is 15.6 Å². The number of carbonyl (C=O) groups is 2. The van der Waals surface area contributed by atoms with E-state index in [0.29, 0.717) is 37.0 Å². The molecule has 3 heterocycles. The number of nitrogens with zero attached hydrogens (tertiary/aromatic N) is 1. The smallest absolute Gasteiger partial charge is 0.269 e. The predicted molar refractivity (Wildman–Crippen MR) is 126 cm³/mol. The van der Waals surface area contributed by atoms with Gasteiger partial charge in [-0.15, -0.1) is 0 Å². The number of fused-ring (bicyclic) bond motifs is 3. The van der Waals surface area contributed by atoms with Crippen LogP contribution in [0, 0.1) is 5.92 Å². The number of nitrogens with one attached hydrogen (secondary N) is 3. The molecule has 1 aromatic heterocycles. The van der Waals surface area contributed by atoms with E-state index in [4.69, 9.17) is 0 Å². The first-order valence-corrected chi connectivity index (χ1v) is 11.6. The number of rotatable bonds is 4. The quantitative estimate of drug-likeness (QED) is 0.584. The van der Waals surface area contributed by atoms with Gasteiger partial charge in [0.2, 0.25) is 5.91 Å². The molecule has 0 bridgehead atoms. The number of hydrogen-bond acceptors (Lipinski definition) is 4. The van der Waals surface area contributed by atoms with Crippen LogP contribution in [0.4, 0.5) is 5.69 Å². The van der Waals surface area contributed by atoms with Gasteiger partial charge in [-0.2, -0.15) is 0 Å². The number of benzene rings is 2. The van der Waals surface area contributed by atoms with Crippen LogP contribution < -0.4 is 16.0 Å². The molecule has 1 spiro atoms. The lowest BCUT2D eigenvalue weighted by molar-refractivity contribution is -0.120. The zero-order chi connectivity index (χ0) is 22.4. The van der Waals surface area contributed by atoms with Crippen LogP contribution in [0.2, 0.25) is 0 Å². The minimum Gasteiger partial charge on any atom is -0.350 e. The van der Waals surface area contributed by atoms with Crippen molar-refractivity contribution in [2.24, 2.45) is 5.92 Å². The minimum atomic E-state index is -0.586. The predicted octanol–water partition coefficient (Wildman–Crippen LogP) is 3.15. The summed E-state index contributed by atoms with van der Waals surface area (Å²) < 4.78 is 0. The van der Waals surface area contributed by atoms with Crippen molar-refractivity contribution in [2.45, 2.75) is 30.7 Å². The van der Waals surface area contributed by atoms with E-state index in [0.717, 1.165) is 35.3 Å². The molecule has 3 atom stereocenters. The Morgan fingerprint density at radius 3 is 2.73 bits per heavy atom. The average Bonchev–Trinajstić information content (AvgIpc) is 3.54. The second kappa shape index (κ2) is 7.81. The van der Waals surface area contributed by atoms with Gasteiger partial charge in [0.15, 0.2) is 0 Å². The van der Waals surface area contributed by atoms with E-state index in [-0.39, 0.29) is 11.8 Å². The van der Waals surface area contributed by atoms with Crippen LogP contribution in [0.1, 0.15) is 45.2 Å². The summed E-state index contributed by atoms with van der Waals surface area (Å²) in [7, 11) is 0. The fourth-order valence-electron chi connectivity index (χ4n) is 5.64. The summed E-state index contributed by atoms with van der Waals surface area (Å²) in [5, 5.41) is 9.65. The number of hydrogen-bond donors (Lipinski definition) is 3. The molecular formula is C27H26N4O2. The maximum Gasteiger partial charge on any atom is 0.269 e. The van der Waals surface area contributed by atoms with Crippen LogP contribution in [-0.2, 0) is 23.1 Å². The van der Waals surface area contributed by atoms with Crippen molar-refractivity contribution in [1.29, 1.82) is 0 Å². The highest BCUT2D eigenvalue weighted by Crippen LogP contribution is 2.47. The van der Waals surface area contributed by atoms with Crippen molar-refractivity contribution in [3.05, 3.63) is 94.8 Å². The number of anilines is 1. The van der Waals surface area contributed by atoms with Gasteiger partial charge in [0, 0.05) is 31.0 Å². The number of pyridine rings is 1. The first-order chi connectivity index (χ1) is 16.1. The molecule has 6 heteroatoms. The Balaban J connectivity index is 1.12. The van der Waals surface area contributed by atoms with Gasteiger partial charge in [-0.1, -0.05) is 48.5 Å². The Labute approximate surface area is 192 Å². The minimum absolute atomic E-state index is 0.0348. The Morgan fingerprint density at radius 1 is 1.06 bits per heavy atom. The highest BCUT2D eigenvalue weighted by atomic mass is 16.2. The van der Waals surface area contributed by atoms with E-state index >= 15 is 0 Å². The van der Waals surface area contributed by atoms with Crippen molar-refractivity contribution >= 4 is 17.5 Å². The topological polar surface area (TPSA) is 83.1 Å². The van der Waals surface area contributed by atoms with Crippen LogP contribution in [0.3, 0.4) is 0 Å². The Kier molecular flexibility index (Phi) is 4.76. The van der Waals surface area contributed by atoms with Gasteiger partial charge in [-0.3, -0.25) is 14.6 Å². The maximum atomic E-state index is 12.9. The largest absolute Gasteiger partial charge is 0.350 e. The average molecular weight is 439 g/mol. The third-order valence-corrected chi connectivity index (χ3v) is 7.40. The summed E-state index contributed by atoms with van der Waals surface area (Å²) in [6, 6.07) is 20.5. The van der Waals surface area contributed by atoms with Crippen molar-refractivity contribution in [3.63, 3.8) is 0 Å². The molecule has 6 nitrogen and oxygen atoms in total. The highest BCUT2D eigenvalue weighted by Gasteiger charge is 2.50. The van der Waals surface area contributed by atoms with Crippen LogP contribution in [0.15, 0.2) is 66.9 Å². The molecule has 2 amide bonds. The molecular weight excluding hydrogens is 412 g/mol. The van der Waals surface area contributed by atoms with Crippen LogP contribution in [-0.4, -0.2) is 29.9 Å². The van der Waals surface area contributed by atoms with Crippen LogP contribution in [0.5, 0.6) is 0 Å². The summed E-state index contributed by atoms with van der Waals surface area (Å²) in [6.45, 7) is 1.50. The molecule has 6 rings (SSSR count). The third kappa shape index (κ3) is 3.42. The highest BCUT2D eigenvalue weighted by molar-refractivity contribution is 6.07. The molecule has 3 aromatic rings. The lowest BCUT2D eigenvalue weighted by atomic mass is 9.79. The standard InChI is InChI=1S/C27H26N4O2/c32-25(30-15-17-10-23(28-14-17)18-6-2-1-3-7-18)24-11-19-12-27(13-20(19)16-29-24)21-8-4-5-9-22(21)31-26(27)33/h1-9,11,16-17,23,28H,10,12-15H2,(H,30,32)(H,31,33). The molecule has 2 aliphatic heterocycles. The third-order valence-electron chi connectivity index (χ3n) is 7.40. The number of para-hydroxylation sites is 1. The second-order valence-electron chi connectivity index (χ2n) is 9.46. The van der Waals surface area contributed by atoms with E-state index in [1.54, 1.807) is 6.20 Å². The Morgan fingerprint density at radius 2 is 1.85 bits per heavy atom. The van der Waals surface area contributed by atoms with E-state index in [1.165, 1.54) is 5.56 Å². The molecule has 0 radical (unpaired) electrons. The van der Waals surface area contributed by atoms with E-state index < -0.39 is 5.41 Å². The molecule has 3 aliphatic rings. The lowest BCUT2D eigenvalue weighted by Gasteiger charge is -2.20. The fourth-order valence-corrected chi connectivity index (χ4v) is 5.64. The monoisotopic (exact) mass is 438 g/mol. The first-order valence-electron chi connectivity index (χ1n) is 11.6. The van der Waals surface area contributed by atoms with Gasteiger partial charge < -0.3 is 16.0 Å². The molecule has 2 aromatic carbocycles. The van der Waals surface area contributed by atoms with Crippen molar-refractivity contribution in [3.8, 4) is 0 Å². The maximum absolute atomic E-state index is 12.9. The second-order valence-corrected chi connectivity index (χ2v) is 9.46. The summed E-state index contributed by atoms with van der Waals surface area (Å²) >= 11 is 0. The van der Waals surface area contributed by atoms with Crippen LogP contribution in [0.25, 0.3) is 0 Å². The molecule has 3 unspecified atom stereocenters. The van der Waals surface area contributed by atoms with Gasteiger partial charge in [0.1, 0.15) is 5.69 Å². The molecule has 1 saturated heterocycles. The fraction of sp³-hybridized carbons (Fsp3) is 0.296. The number of aromatic nitrogens is 1. The normalized spacial score (nSPS) is 25.0. The molecule has 3 N–H and O–H groups in total.